The smallest absolute Gasteiger partial charge is 0.406 e. The van der Waals surface area contributed by atoms with Crippen molar-refractivity contribution in [2.75, 3.05) is 0 Å². The highest BCUT2D eigenvalue weighted by Crippen LogP contribution is 2.28. The second-order valence-corrected chi connectivity index (χ2v) is 5.36. The Morgan fingerprint density at radius 1 is 1.33 bits per heavy atom. The molecule has 0 unspecified atom stereocenters. The van der Waals surface area contributed by atoms with Crippen LogP contribution in [-0.2, 0) is 6.54 Å². The summed E-state index contributed by atoms with van der Waals surface area (Å²) in [5, 5.41) is 9.17. The van der Waals surface area contributed by atoms with Crippen LogP contribution < -0.4 is 15.4 Å². The first-order chi connectivity index (χ1) is 11.4. The molecule has 1 aliphatic carbocycles. The number of rotatable bonds is 5. The van der Waals surface area contributed by atoms with Crippen LogP contribution in [0.2, 0.25) is 0 Å². The molecule has 1 aromatic heterocycles. The molecule has 0 spiro atoms. The molecule has 0 radical (unpaired) electrons. The van der Waals surface area contributed by atoms with Crippen molar-refractivity contribution in [1.29, 1.82) is 0 Å². The van der Waals surface area contributed by atoms with Crippen LogP contribution in [0.5, 0.6) is 5.75 Å². The lowest BCUT2D eigenvalue weighted by molar-refractivity contribution is -0.274. The van der Waals surface area contributed by atoms with Crippen LogP contribution in [0.1, 0.15) is 18.5 Å². The number of nitrogens with zero attached hydrogens (tertiary/aromatic N) is 1. The summed E-state index contributed by atoms with van der Waals surface area (Å²) in [6.07, 6.45) is -2.79. The van der Waals surface area contributed by atoms with Crippen molar-refractivity contribution in [2.24, 2.45) is 0 Å². The fourth-order valence-electron chi connectivity index (χ4n) is 2.01. The van der Waals surface area contributed by atoms with E-state index in [1.807, 2.05) is 0 Å². The van der Waals surface area contributed by atoms with E-state index in [1.54, 1.807) is 12.1 Å². The third-order valence-electron chi connectivity index (χ3n) is 3.25. The third kappa shape index (κ3) is 4.64. The van der Waals surface area contributed by atoms with Gasteiger partial charge in [-0.1, -0.05) is 17.3 Å². The van der Waals surface area contributed by atoms with Gasteiger partial charge < -0.3 is 19.9 Å². The lowest BCUT2D eigenvalue weighted by atomic mass is 10.1. The molecular weight excluding hydrogens is 327 g/mol. The number of carbonyl (C=O) groups excluding carboxylic acids is 1. The SMILES string of the molecule is O=C(NCc1cc(-c2cccc(OC(F)(F)F)c2)on1)NC1CC1. The van der Waals surface area contributed by atoms with E-state index in [1.165, 1.54) is 18.2 Å². The Kier molecular flexibility index (Phi) is 4.32. The second-order valence-electron chi connectivity index (χ2n) is 5.36. The van der Waals surface area contributed by atoms with Crippen molar-refractivity contribution in [2.45, 2.75) is 31.8 Å². The number of aromatic nitrogens is 1. The monoisotopic (exact) mass is 341 g/mol. The van der Waals surface area contributed by atoms with Crippen LogP contribution in [0.3, 0.4) is 0 Å². The van der Waals surface area contributed by atoms with Gasteiger partial charge in [-0.15, -0.1) is 13.2 Å². The minimum Gasteiger partial charge on any atom is -0.406 e. The minimum absolute atomic E-state index is 0.154. The third-order valence-corrected chi connectivity index (χ3v) is 3.25. The molecule has 0 atom stereocenters. The van der Waals surface area contributed by atoms with Crippen molar-refractivity contribution in [3.63, 3.8) is 0 Å². The van der Waals surface area contributed by atoms with Crippen molar-refractivity contribution in [3.8, 4) is 17.1 Å². The molecule has 3 rings (SSSR count). The van der Waals surface area contributed by atoms with Gasteiger partial charge in [0.25, 0.3) is 0 Å². The Morgan fingerprint density at radius 2 is 2.12 bits per heavy atom. The first-order valence-corrected chi connectivity index (χ1v) is 7.25. The molecule has 0 bridgehead atoms. The van der Waals surface area contributed by atoms with E-state index in [9.17, 15) is 18.0 Å². The summed E-state index contributed by atoms with van der Waals surface area (Å²) in [6, 6.07) is 6.88. The van der Waals surface area contributed by atoms with Crippen LogP contribution in [0.4, 0.5) is 18.0 Å². The molecule has 0 aliphatic heterocycles. The Labute approximate surface area is 135 Å². The van der Waals surface area contributed by atoms with E-state index in [0.29, 0.717) is 11.3 Å². The van der Waals surface area contributed by atoms with Crippen molar-refractivity contribution in [1.82, 2.24) is 15.8 Å². The lowest BCUT2D eigenvalue weighted by Gasteiger charge is -2.08. The van der Waals surface area contributed by atoms with Gasteiger partial charge in [0.1, 0.15) is 11.4 Å². The van der Waals surface area contributed by atoms with E-state index in [-0.39, 0.29) is 30.1 Å². The summed E-state index contributed by atoms with van der Waals surface area (Å²) in [7, 11) is 0. The number of ether oxygens (including phenoxy) is 1. The van der Waals surface area contributed by atoms with E-state index >= 15 is 0 Å². The van der Waals surface area contributed by atoms with E-state index < -0.39 is 6.36 Å². The summed E-state index contributed by atoms with van der Waals surface area (Å²) in [5.74, 6) is -0.0677. The van der Waals surface area contributed by atoms with Gasteiger partial charge in [0.05, 0.1) is 6.54 Å². The summed E-state index contributed by atoms with van der Waals surface area (Å²) in [5.41, 5.74) is 0.844. The highest BCUT2D eigenvalue weighted by Gasteiger charge is 2.31. The maximum absolute atomic E-state index is 12.2. The van der Waals surface area contributed by atoms with Crippen LogP contribution in [-0.4, -0.2) is 23.6 Å². The Morgan fingerprint density at radius 3 is 2.83 bits per heavy atom. The predicted octanol–water partition coefficient (Wildman–Crippen LogP) is 3.20. The lowest BCUT2D eigenvalue weighted by Crippen LogP contribution is -2.36. The van der Waals surface area contributed by atoms with Gasteiger partial charge in [0.2, 0.25) is 0 Å². The average Bonchev–Trinajstić information content (AvgIpc) is 3.18. The van der Waals surface area contributed by atoms with Crippen LogP contribution in [0.15, 0.2) is 34.9 Å². The number of nitrogens with one attached hydrogen (secondary N) is 2. The summed E-state index contributed by atoms with van der Waals surface area (Å²) >= 11 is 0. The number of amides is 2. The maximum atomic E-state index is 12.2. The maximum Gasteiger partial charge on any atom is 0.573 e. The zero-order valence-corrected chi connectivity index (χ0v) is 12.4. The number of alkyl halides is 3. The number of benzene rings is 1. The van der Waals surface area contributed by atoms with Gasteiger partial charge in [0, 0.05) is 17.7 Å². The Hall–Kier alpha value is -2.71. The van der Waals surface area contributed by atoms with Crippen LogP contribution in [0.25, 0.3) is 11.3 Å². The van der Waals surface area contributed by atoms with E-state index in [0.717, 1.165) is 12.8 Å². The van der Waals surface area contributed by atoms with E-state index in [4.69, 9.17) is 4.52 Å². The van der Waals surface area contributed by atoms with Gasteiger partial charge in [-0.05, 0) is 25.0 Å². The number of hydrogen-bond donors (Lipinski definition) is 2. The zero-order valence-electron chi connectivity index (χ0n) is 12.4. The second kappa shape index (κ2) is 6.42. The number of urea groups is 1. The topological polar surface area (TPSA) is 76.4 Å². The molecule has 24 heavy (non-hydrogen) atoms. The first-order valence-electron chi connectivity index (χ1n) is 7.25. The fraction of sp³-hybridized carbons (Fsp3) is 0.333. The average molecular weight is 341 g/mol. The zero-order chi connectivity index (χ0) is 17.2. The Bertz CT molecular complexity index is 726. The molecule has 1 heterocycles. The van der Waals surface area contributed by atoms with E-state index in [2.05, 4.69) is 20.5 Å². The number of hydrogen-bond acceptors (Lipinski definition) is 4. The van der Waals surface area contributed by atoms with Crippen molar-refractivity contribution >= 4 is 6.03 Å². The van der Waals surface area contributed by atoms with Crippen molar-refractivity contribution in [3.05, 3.63) is 36.0 Å². The summed E-state index contributed by atoms with van der Waals surface area (Å²) in [6.45, 7) is 0.154. The highest BCUT2D eigenvalue weighted by molar-refractivity contribution is 5.74. The van der Waals surface area contributed by atoms with Crippen molar-refractivity contribution < 1.29 is 27.2 Å². The first kappa shape index (κ1) is 16.2. The quantitative estimate of drug-likeness (QED) is 0.876. The number of halogens is 3. The van der Waals surface area contributed by atoms with Gasteiger partial charge in [-0.2, -0.15) is 0 Å². The van der Waals surface area contributed by atoms with Crippen LogP contribution >= 0.6 is 0 Å². The largest absolute Gasteiger partial charge is 0.573 e. The molecule has 2 N–H and O–H groups in total. The van der Waals surface area contributed by atoms with Gasteiger partial charge in [-0.3, -0.25) is 0 Å². The standard InChI is InChI=1S/C15H14F3N3O3/c16-15(17,18)23-12-3-1-2-9(6-12)13-7-11(21-24-13)8-19-14(22)20-10-4-5-10/h1-3,6-7,10H,4-5,8H2,(H2,19,20,22). The molecule has 2 amide bonds. The molecule has 9 heteroatoms. The molecule has 128 valence electrons. The molecule has 1 aromatic carbocycles. The molecule has 1 aliphatic rings. The molecular formula is C15H14F3N3O3. The predicted molar refractivity (Wildman–Crippen MR) is 77.0 cm³/mol. The highest BCUT2D eigenvalue weighted by atomic mass is 19.4. The summed E-state index contributed by atoms with van der Waals surface area (Å²) < 4.78 is 45.7. The van der Waals surface area contributed by atoms with Gasteiger partial charge >= 0.3 is 12.4 Å². The van der Waals surface area contributed by atoms with Gasteiger partial charge in [-0.25, -0.2) is 4.79 Å². The molecule has 6 nitrogen and oxygen atoms in total. The molecule has 2 aromatic rings. The molecule has 1 fully saturated rings. The normalized spacial score (nSPS) is 14.3. The number of carbonyl (C=O) groups is 1. The van der Waals surface area contributed by atoms with Crippen LogP contribution in [0, 0.1) is 0 Å². The van der Waals surface area contributed by atoms with Gasteiger partial charge in [0.15, 0.2) is 5.76 Å². The fourth-order valence-corrected chi connectivity index (χ4v) is 2.01. The Balaban J connectivity index is 1.62. The summed E-state index contributed by atoms with van der Waals surface area (Å²) in [4.78, 5) is 11.5. The molecule has 0 saturated heterocycles. The molecule has 1 saturated carbocycles. The minimum atomic E-state index is -4.76.